The summed E-state index contributed by atoms with van der Waals surface area (Å²) in [7, 11) is -3.89. The summed E-state index contributed by atoms with van der Waals surface area (Å²) in [5.74, 6) is 0. The second-order valence-electron chi connectivity index (χ2n) is 6.85. The minimum Gasteiger partial charge on any atom is -0.258 e. The molecular formula is C19H19N3O4S2. The van der Waals surface area contributed by atoms with Gasteiger partial charge >= 0.3 is 0 Å². The fraction of sp³-hybridized carbons (Fsp3) is 0.316. The van der Waals surface area contributed by atoms with Crippen molar-refractivity contribution in [3.8, 4) is 0 Å². The van der Waals surface area contributed by atoms with E-state index in [4.69, 9.17) is 0 Å². The lowest BCUT2D eigenvalue weighted by atomic mass is 10.1. The molecule has 1 aliphatic heterocycles. The molecule has 0 amide bonds. The van der Waals surface area contributed by atoms with Crippen LogP contribution in [0.2, 0.25) is 0 Å². The van der Waals surface area contributed by atoms with Gasteiger partial charge in [0, 0.05) is 18.7 Å². The van der Waals surface area contributed by atoms with Crippen LogP contribution in [0.5, 0.6) is 0 Å². The quantitative estimate of drug-likeness (QED) is 0.462. The van der Waals surface area contributed by atoms with E-state index in [1.165, 1.54) is 27.8 Å². The Hall–Kier alpha value is -2.36. The summed E-state index contributed by atoms with van der Waals surface area (Å²) in [6.45, 7) is 2.04. The minimum atomic E-state index is -3.89. The van der Waals surface area contributed by atoms with Gasteiger partial charge in [-0.05, 0) is 37.5 Å². The Kier molecular flexibility index (Phi) is 4.90. The summed E-state index contributed by atoms with van der Waals surface area (Å²) in [4.78, 5) is 15.2. The summed E-state index contributed by atoms with van der Waals surface area (Å²) in [6.07, 6.45) is 2.36. The minimum absolute atomic E-state index is 0.00490. The van der Waals surface area contributed by atoms with Crippen molar-refractivity contribution in [2.45, 2.75) is 37.1 Å². The average Bonchev–Trinajstić information content (AvgIpc) is 3.12. The number of non-ortho nitro benzene ring substituents is 1. The normalized spacial score (nSPS) is 18.4. The lowest BCUT2D eigenvalue weighted by molar-refractivity contribution is -0.385. The van der Waals surface area contributed by atoms with Crippen molar-refractivity contribution in [2.24, 2.45) is 0 Å². The van der Waals surface area contributed by atoms with Crippen LogP contribution < -0.4 is 0 Å². The maximum absolute atomic E-state index is 13.5. The van der Waals surface area contributed by atoms with Gasteiger partial charge in [-0.2, -0.15) is 4.31 Å². The number of nitro benzene ring substituents is 1. The summed E-state index contributed by atoms with van der Waals surface area (Å²) in [5.41, 5.74) is 1.13. The molecule has 1 unspecified atom stereocenters. The summed E-state index contributed by atoms with van der Waals surface area (Å²) in [5, 5.41) is 11.9. The van der Waals surface area contributed by atoms with E-state index >= 15 is 0 Å². The molecule has 0 N–H and O–H groups in total. The highest BCUT2D eigenvalue weighted by Gasteiger charge is 2.37. The zero-order valence-corrected chi connectivity index (χ0v) is 16.9. The van der Waals surface area contributed by atoms with Gasteiger partial charge in [-0.25, -0.2) is 13.4 Å². The van der Waals surface area contributed by atoms with E-state index in [2.05, 4.69) is 4.98 Å². The van der Waals surface area contributed by atoms with Crippen molar-refractivity contribution in [1.29, 1.82) is 0 Å². The fourth-order valence-corrected chi connectivity index (χ4v) is 6.67. The number of aryl methyl sites for hydroxylation is 1. The maximum atomic E-state index is 13.5. The van der Waals surface area contributed by atoms with Gasteiger partial charge in [0.05, 0.1) is 26.1 Å². The highest BCUT2D eigenvalue weighted by Crippen LogP contribution is 2.39. The molecule has 0 aliphatic carbocycles. The monoisotopic (exact) mass is 417 g/mol. The van der Waals surface area contributed by atoms with Crippen molar-refractivity contribution < 1.29 is 13.3 Å². The van der Waals surface area contributed by atoms with Gasteiger partial charge in [-0.15, -0.1) is 11.3 Å². The molecule has 3 aromatic rings. The molecule has 9 heteroatoms. The molecule has 1 aromatic heterocycles. The molecule has 1 saturated heterocycles. The van der Waals surface area contributed by atoms with Gasteiger partial charge in [-0.1, -0.05) is 24.6 Å². The lowest BCUT2D eigenvalue weighted by Crippen LogP contribution is -2.38. The third-order valence-electron chi connectivity index (χ3n) is 5.02. The summed E-state index contributed by atoms with van der Waals surface area (Å²) < 4.78 is 29.4. The lowest BCUT2D eigenvalue weighted by Gasteiger charge is -2.33. The number of hydrogen-bond donors (Lipinski definition) is 0. The number of nitro groups is 1. The zero-order chi connectivity index (χ0) is 19.9. The number of fused-ring (bicyclic) bond motifs is 1. The van der Waals surface area contributed by atoms with Gasteiger partial charge in [0.25, 0.3) is 5.69 Å². The number of thiazole rings is 1. The van der Waals surface area contributed by atoms with E-state index in [1.54, 1.807) is 6.92 Å². The SMILES string of the molecule is Cc1ccc([N+](=O)[O-])cc1S(=O)(=O)N1CCCCC1c1nc2ccccc2s1. The van der Waals surface area contributed by atoms with Gasteiger partial charge in [-0.3, -0.25) is 10.1 Å². The highest BCUT2D eigenvalue weighted by molar-refractivity contribution is 7.89. The molecule has 2 heterocycles. The van der Waals surface area contributed by atoms with Crippen LogP contribution in [0, 0.1) is 17.0 Å². The molecule has 1 aliphatic rings. The third-order valence-corrected chi connectivity index (χ3v) is 8.21. The van der Waals surface area contributed by atoms with Crippen LogP contribution in [-0.2, 0) is 10.0 Å². The molecule has 1 atom stereocenters. The molecule has 0 saturated carbocycles. The summed E-state index contributed by atoms with van der Waals surface area (Å²) in [6, 6.07) is 11.4. The molecular weight excluding hydrogens is 398 g/mol. The second kappa shape index (κ2) is 7.23. The van der Waals surface area contributed by atoms with Crippen molar-refractivity contribution in [2.75, 3.05) is 6.54 Å². The first-order valence-electron chi connectivity index (χ1n) is 9.00. The fourth-order valence-electron chi connectivity index (χ4n) is 3.58. The first kappa shape index (κ1) is 19.0. The van der Waals surface area contributed by atoms with E-state index in [9.17, 15) is 18.5 Å². The molecule has 0 radical (unpaired) electrons. The van der Waals surface area contributed by atoms with E-state index in [1.807, 2.05) is 24.3 Å². The van der Waals surface area contributed by atoms with Gasteiger partial charge in [0.15, 0.2) is 0 Å². The number of piperidine rings is 1. The third kappa shape index (κ3) is 3.30. The number of benzene rings is 2. The Balaban J connectivity index is 1.78. The van der Waals surface area contributed by atoms with Crippen LogP contribution in [0.4, 0.5) is 5.69 Å². The van der Waals surface area contributed by atoms with E-state index in [-0.39, 0.29) is 16.6 Å². The van der Waals surface area contributed by atoms with Crippen LogP contribution in [0.1, 0.15) is 35.9 Å². The Labute approximate surface area is 166 Å². The Morgan fingerprint density at radius 2 is 2.00 bits per heavy atom. The standard InChI is InChI=1S/C19H19N3O4S2/c1-13-9-10-14(22(23)24)12-18(13)28(25,26)21-11-5-4-7-16(21)19-20-15-6-2-3-8-17(15)27-19/h2-3,6,8-10,12,16H,4-5,7,11H2,1H3. The molecule has 146 valence electrons. The number of sulfonamides is 1. The number of aromatic nitrogens is 1. The van der Waals surface area contributed by atoms with Crippen LogP contribution >= 0.6 is 11.3 Å². The summed E-state index contributed by atoms with van der Waals surface area (Å²) >= 11 is 1.51. The molecule has 7 nitrogen and oxygen atoms in total. The van der Waals surface area contributed by atoms with Crippen molar-refractivity contribution in [1.82, 2.24) is 9.29 Å². The molecule has 2 aromatic carbocycles. The number of hydrogen-bond acceptors (Lipinski definition) is 6. The van der Waals surface area contributed by atoms with Crippen molar-refractivity contribution in [3.63, 3.8) is 0 Å². The smallest absolute Gasteiger partial charge is 0.258 e. The van der Waals surface area contributed by atoms with Crippen molar-refractivity contribution in [3.05, 3.63) is 63.1 Å². The molecule has 1 fully saturated rings. The number of nitrogens with zero attached hydrogens (tertiary/aromatic N) is 3. The zero-order valence-electron chi connectivity index (χ0n) is 15.2. The largest absolute Gasteiger partial charge is 0.270 e. The van der Waals surface area contributed by atoms with Gasteiger partial charge < -0.3 is 0 Å². The average molecular weight is 418 g/mol. The number of para-hydroxylation sites is 1. The number of rotatable bonds is 4. The van der Waals surface area contributed by atoms with Gasteiger partial charge in [0.2, 0.25) is 10.0 Å². The maximum Gasteiger partial charge on any atom is 0.270 e. The van der Waals surface area contributed by atoms with Crippen LogP contribution in [0.15, 0.2) is 47.4 Å². The van der Waals surface area contributed by atoms with Crippen LogP contribution in [-0.4, -0.2) is 29.2 Å². The first-order chi connectivity index (χ1) is 13.4. The Morgan fingerprint density at radius 1 is 1.21 bits per heavy atom. The first-order valence-corrected chi connectivity index (χ1v) is 11.3. The molecule has 0 spiro atoms. The molecule has 4 rings (SSSR count). The van der Waals surface area contributed by atoms with Crippen LogP contribution in [0.25, 0.3) is 10.2 Å². The second-order valence-corrected chi connectivity index (χ2v) is 9.78. The molecule has 28 heavy (non-hydrogen) atoms. The van der Waals surface area contributed by atoms with E-state index in [0.717, 1.165) is 34.1 Å². The highest BCUT2D eigenvalue weighted by atomic mass is 32.2. The topological polar surface area (TPSA) is 93.4 Å². The van der Waals surface area contributed by atoms with Gasteiger partial charge in [0.1, 0.15) is 5.01 Å². The van der Waals surface area contributed by atoms with Crippen molar-refractivity contribution >= 4 is 37.3 Å². The van der Waals surface area contributed by atoms with E-state index < -0.39 is 14.9 Å². The predicted octanol–water partition coefficient (Wildman–Crippen LogP) is 4.43. The molecule has 0 bridgehead atoms. The predicted molar refractivity (Wildman–Crippen MR) is 108 cm³/mol. The van der Waals surface area contributed by atoms with Crippen LogP contribution in [0.3, 0.4) is 0 Å². The Morgan fingerprint density at radius 3 is 2.75 bits per heavy atom. The van der Waals surface area contributed by atoms with E-state index in [0.29, 0.717) is 18.5 Å². The Bertz CT molecular complexity index is 1120.